The number of amides is 1. The topological polar surface area (TPSA) is 52.6 Å². The third kappa shape index (κ3) is 4.11. The average Bonchev–Trinajstić information content (AvgIpc) is 2.75. The second kappa shape index (κ2) is 8.05. The number of piperidine rings is 1. The average molecular weight is 365 g/mol. The first-order chi connectivity index (χ1) is 13.2. The summed E-state index contributed by atoms with van der Waals surface area (Å²) in [4.78, 5) is 19.3. The van der Waals surface area contributed by atoms with Crippen LogP contribution in [0.4, 0.5) is 5.82 Å². The molecule has 0 spiro atoms. The summed E-state index contributed by atoms with van der Waals surface area (Å²) >= 11 is 0. The van der Waals surface area contributed by atoms with Crippen LogP contribution in [0, 0.1) is 5.92 Å². The molecule has 0 aliphatic carbocycles. The Hall–Kier alpha value is -2.47. The lowest BCUT2D eigenvalue weighted by atomic mass is 9.95. The first kappa shape index (κ1) is 17.9. The summed E-state index contributed by atoms with van der Waals surface area (Å²) in [6.07, 6.45) is 1.79. The monoisotopic (exact) mass is 365 g/mol. The number of likely N-dealkylation sites (N-methyl/N-ethyl adjacent to an activating group) is 1. The van der Waals surface area contributed by atoms with Crippen LogP contribution in [0.3, 0.4) is 0 Å². The van der Waals surface area contributed by atoms with Crippen molar-refractivity contribution in [1.29, 1.82) is 0 Å². The lowest BCUT2D eigenvalue weighted by molar-refractivity contribution is -0.137. The van der Waals surface area contributed by atoms with Gasteiger partial charge in [0.05, 0.1) is 5.69 Å². The summed E-state index contributed by atoms with van der Waals surface area (Å²) in [5, 5.41) is 8.81. The number of piperazine rings is 1. The maximum atomic E-state index is 12.8. The fourth-order valence-corrected chi connectivity index (χ4v) is 3.90. The zero-order valence-electron chi connectivity index (χ0n) is 15.9. The van der Waals surface area contributed by atoms with Gasteiger partial charge in [-0.3, -0.25) is 4.79 Å². The van der Waals surface area contributed by atoms with Crippen LogP contribution in [0.15, 0.2) is 42.5 Å². The van der Waals surface area contributed by atoms with E-state index in [1.165, 1.54) is 0 Å². The minimum absolute atomic E-state index is 0.154. The van der Waals surface area contributed by atoms with Crippen molar-refractivity contribution in [2.24, 2.45) is 5.92 Å². The lowest BCUT2D eigenvalue weighted by Crippen LogP contribution is -2.50. The van der Waals surface area contributed by atoms with Crippen molar-refractivity contribution < 1.29 is 4.79 Å². The number of hydrogen-bond acceptors (Lipinski definition) is 5. The van der Waals surface area contributed by atoms with E-state index in [0.717, 1.165) is 69.2 Å². The zero-order chi connectivity index (χ0) is 18.6. The van der Waals surface area contributed by atoms with Crippen molar-refractivity contribution in [3.8, 4) is 11.3 Å². The summed E-state index contributed by atoms with van der Waals surface area (Å²) in [6.45, 7) is 5.42. The van der Waals surface area contributed by atoms with Gasteiger partial charge in [-0.1, -0.05) is 30.3 Å². The Labute approximate surface area is 160 Å². The first-order valence-corrected chi connectivity index (χ1v) is 9.82. The molecule has 2 aromatic rings. The Morgan fingerprint density at radius 1 is 0.889 bits per heavy atom. The number of carbonyl (C=O) groups excluding carboxylic acids is 1. The quantitative estimate of drug-likeness (QED) is 0.834. The summed E-state index contributed by atoms with van der Waals surface area (Å²) in [7, 11) is 2.12. The van der Waals surface area contributed by atoms with Gasteiger partial charge < -0.3 is 14.7 Å². The molecule has 0 N–H and O–H groups in total. The Kier molecular flexibility index (Phi) is 5.34. The van der Waals surface area contributed by atoms with Gasteiger partial charge in [-0.15, -0.1) is 10.2 Å². The lowest BCUT2D eigenvalue weighted by Gasteiger charge is -2.37. The molecule has 0 saturated carbocycles. The van der Waals surface area contributed by atoms with E-state index in [4.69, 9.17) is 0 Å². The fourth-order valence-electron chi connectivity index (χ4n) is 3.90. The van der Waals surface area contributed by atoms with Crippen molar-refractivity contribution in [1.82, 2.24) is 20.0 Å². The molecule has 2 saturated heterocycles. The Morgan fingerprint density at radius 3 is 2.22 bits per heavy atom. The standard InChI is InChI=1S/C21H27N5O/c1-24-13-15-26(16-14-24)21(27)18-9-11-25(12-10-18)20-8-7-19(22-23-20)17-5-3-2-4-6-17/h2-8,18H,9-16H2,1H3. The third-order valence-electron chi connectivity index (χ3n) is 5.70. The number of carbonyl (C=O) groups is 1. The maximum Gasteiger partial charge on any atom is 0.225 e. The highest BCUT2D eigenvalue weighted by Crippen LogP contribution is 2.25. The molecule has 0 radical (unpaired) electrons. The number of nitrogens with zero attached hydrogens (tertiary/aromatic N) is 5. The molecule has 6 nitrogen and oxygen atoms in total. The maximum absolute atomic E-state index is 12.8. The SMILES string of the molecule is CN1CCN(C(=O)C2CCN(c3ccc(-c4ccccc4)nn3)CC2)CC1. The predicted octanol–water partition coefficient (Wildman–Crippen LogP) is 2.13. The van der Waals surface area contributed by atoms with Gasteiger partial charge in [0.1, 0.15) is 0 Å². The molecular weight excluding hydrogens is 338 g/mol. The van der Waals surface area contributed by atoms with E-state index in [-0.39, 0.29) is 5.92 Å². The van der Waals surface area contributed by atoms with E-state index in [1.54, 1.807) is 0 Å². The number of anilines is 1. The molecule has 1 amide bonds. The van der Waals surface area contributed by atoms with Crippen LogP contribution < -0.4 is 4.90 Å². The van der Waals surface area contributed by atoms with Gasteiger partial charge in [-0.25, -0.2) is 0 Å². The van der Waals surface area contributed by atoms with Crippen LogP contribution in [0.5, 0.6) is 0 Å². The molecule has 1 aromatic carbocycles. The van der Waals surface area contributed by atoms with Gasteiger partial charge in [-0.05, 0) is 32.0 Å². The Morgan fingerprint density at radius 2 is 1.59 bits per heavy atom. The van der Waals surface area contributed by atoms with Gasteiger partial charge in [0, 0.05) is 50.7 Å². The molecule has 0 bridgehead atoms. The van der Waals surface area contributed by atoms with Crippen molar-refractivity contribution in [3.63, 3.8) is 0 Å². The zero-order valence-corrected chi connectivity index (χ0v) is 15.9. The summed E-state index contributed by atoms with van der Waals surface area (Å²) < 4.78 is 0. The highest BCUT2D eigenvalue weighted by molar-refractivity contribution is 5.79. The molecule has 3 heterocycles. The normalized spacial score (nSPS) is 19.3. The van der Waals surface area contributed by atoms with Gasteiger partial charge in [-0.2, -0.15) is 0 Å². The van der Waals surface area contributed by atoms with E-state index < -0.39 is 0 Å². The molecule has 2 aliphatic heterocycles. The summed E-state index contributed by atoms with van der Waals surface area (Å²) in [5.74, 6) is 1.40. The van der Waals surface area contributed by atoms with Crippen LogP contribution >= 0.6 is 0 Å². The Bertz CT molecular complexity index is 748. The third-order valence-corrected chi connectivity index (χ3v) is 5.70. The van der Waals surface area contributed by atoms with Gasteiger partial charge >= 0.3 is 0 Å². The van der Waals surface area contributed by atoms with Gasteiger partial charge in [0.2, 0.25) is 5.91 Å². The van der Waals surface area contributed by atoms with Crippen LogP contribution in [0.2, 0.25) is 0 Å². The number of hydrogen-bond donors (Lipinski definition) is 0. The smallest absolute Gasteiger partial charge is 0.225 e. The predicted molar refractivity (Wildman–Crippen MR) is 106 cm³/mol. The van der Waals surface area contributed by atoms with Crippen molar-refractivity contribution in [2.45, 2.75) is 12.8 Å². The molecule has 4 rings (SSSR count). The molecule has 0 unspecified atom stereocenters. The second-order valence-electron chi connectivity index (χ2n) is 7.53. The molecule has 0 atom stereocenters. The van der Waals surface area contributed by atoms with E-state index in [1.807, 2.05) is 42.5 Å². The van der Waals surface area contributed by atoms with Crippen LogP contribution in [-0.4, -0.2) is 72.2 Å². The molecule has 27 heavy (non-hydrogen) atoms. The minimum atomic E-state index is 0.154. The van der Waals surface area contributed by atoms with Crippen LogP contribution in [0.1, 0.15) is 12.8 Å². The fraction of sp³-hybridized carbons (Fsp3) is 0.476. The molecular formula is C21H27N5O. The molecule has 2 fully saturated rings. The highest BCUT2D eigenvalue weighted by Gasteiger charge is 2.30. The van der Waals surface area contributed by atoms with Crippen molar-refractivity contribution in [2.75, 3.05) is 51.2 Å². The van der Waals surface area contributed by atoms with Crippen molar-refractivity contribution >= 4 is 11.7 Å². The van der Waals surface area contributed by atoms with Crippen molar-refractivity contribution in [3.05, 3.63) is 42.5 Å². The summed E-state index contributed by atoms with van der Waals surface area (Å²) in [6, 6.07) is 14.2. The van der Waals surface area contributed by atoms with Gasteiger partial charge in [0.25, 0.3) is 0 Å². The number of rotatable bonds is 3. The highest BCUT2D eigenvalue weighted by atomic mass is 16.2. The van der Waals surface area contributed by atoms with Crippen LogP contribution in [-0.2, 0) is 4.79 Å². The van der Waals surface area contributed by atoms with Crippen LogP contribution in [0.25, 0.3) is 11.3 Å². The van der Waals surface area contributed by atoms with E-state index >= 15 is 0 Å². The first-order valence-electron chi connectivity index (χ1n) is 9.82. The molecule has 2 aliphatic rings. The van der Waals surface area contributed by atoms with E-state index in [9.17, 15) is 4.79 Å². The van der Waals surface area contributed by atoms with E-state index in [2.05, 4.69) is 31.9 Å². The Balaban J connectivity index is 1.33. The molecule has 6 heteroatoms. The largest absolute Gasteiger partial charge is 0.355 e. The second-order valence-corrected chi connectivity index (χ2v) is 7.53. The molecule has 142 valence electrons. The van der Waals surface area contributed by atoms with Gasteiger partial charge in [0.15, 0.2) is 5.82 Å². The number of aromatic nitrogens is 2. The molecule has 1 aromatic heterocycles. The van der Waals surface area contributed by atoms with E-state index in [0.29, 0.717) is 5.91 Å². The minimum Gasteiger partial charge on any atom is -0.355 e. The number of benzene rings is 1. The summed E-state index contributed by atoms with van der Waals surface area (Å²) in [5.41, 5.74) is 1.97.